The molecule has 2 atom stereocenters. The van der Waals surface area contributed by atoms with Gasteiger partial charge < -0.3 is 9.47 Å². The molecule has 0 spiro atoms. The van der Waals surface area contributed by atoms with E-state index >= 15 is 0 Å². The summed E-state index contributed by atoms with van der Waals surface area (Å²) < 4.78 is 10.7. The zero-order chi connectivity index (χ0) is 17.1. The molecule has 1 aliphatic rings. The van der Waals surface area contributed by atoms with Crippen LogP contribution < -0.4 is 9.47 Å². The fourth-order valence-corrected chi connectivity index (χ4v) is 4.44. The molecule has 1 aliphatic heterocycles. The minimum atomic E-state index is 0.741. The number of hydrogen-bond donors (Lipinski definition) is 0. The van der Waals surface area contributed by atoms with Crippen molar-refractivity contribution in [2.75, 3.05) is 27.3 Å². The van der Waals surface area contributed by atoms with E-state index < -0.39 is 0 Å². The van der Waals surface area contributed by atoms with E-state index in [2.05, 4.69) is 24.1 Å². The lowest BCUT2D eigenvalue weighted by Crippen LogP contribution is -2.38. The third-order valence-electron chi connectivity index (χ3n) is 4.51. The first kappa shape index (κ1) is 17.2. The van der Waals surface area contributed by atoms with Gasteiger partial charge in [-0.3, -0.25) is 4.90 Å². The van der Waals surface area contributed by atoms with E-state index in [1.54, 1.807) is 25.6 Å². The number of aromatic nitrogens is 1. The second-order valence-electron chi connectivity index (χ2n) is 6.85. The van der Waals surface area contributed by atoms with Crippen molar-refractivity contribution >= 4 is 11.3 Å². The summed E-state index contributed by atoms with van der Waals surface area (Å²) in [5.74, 6) is 3.04. The lowest BCUT2D eigenvalue weighted by Gasteiger charge is -2.34. The van der Waals surface area contributed by atoms with Crippen LogP contribution in [0.15, 0.2) is 23.6 Å². The Hall–Kier alpha value is -1.59. The van der Waals surface area contributed by atoms with Crippen molar-refractivity contribution in [1.29, 1.82) is 0 Å². The molecule has 0 N–H and O–H groups in total. The molecule has 24 heavy (non-hydrogen) atoms. The average Bonchev–Trinajstić information content (AvgIpc) is 3.01. The maximum Gasteiger partial charge on any atom is 0.161 e. The summed E-state index contributed by atoms with van der Waals surface area (Å²) >= 11 is 1.69. The Balaban J connectivity index is 1.73. The minimum absolute atomic E-state index is 0.741. The average molecular weight is 346 g/mol. The Morgan fingerprint density at radius 1 is 1.12 bits per heavy atom. The number of rotatable bonds is 5. The molecule has 1 fully saturated rings. The first-order valence-corrected chi connectivity index (χ1v) is 9.36. The van der Waals surface area contributed by atoms with Crippen molar-refractivity contribution in [3.63, 3.8) is 0 Å². The lowest BCUT2D eigenvalue weighted by molar-refractivity contribution is 0.133. The Kier molecular flexibility index (Phi) is 5.41. The fourth-order valence-electron chi connectivity index (χ4n) is 3.63. The van der Waals surface area contributed by atoms with E-state index in [4.69, 9.17) is 14.5 Å². The van der Waals surface area contributed by atoms with Gasteiger partial charge in [-0.2, -0.15) is 0 Å². The van der Waals surface area contributed by atoms with Crippen LogP contribution in [0, 0.1) is 11.8 Å². The van der Waals surface area contributed by atoms with Crippen molar-refractivity contribution in [2.45, 2.75) is 26.8 Å². The van der Waals surface area contributed by atoms with Gasteiger partial charge >= 0.3 is 0 Å². The van der Waals surface area contributed by atoms with Crippen molar-refractivity contribution < 1.29 is 9.47 Å². The summed E-state index contributed by atoms with van der Waals surface area (Å²) in [5.41, 5.74) is 2.23. The van der Waals surface area contributed by atoms with Crippen LogP contribution in [0.3, 0.4) is 0 Å². The van der Waals surface area contributed by atoms with Gasteiger partial charge in [0.2, 0.25) is 0 Å². The Morgan fingerprint density at radius 2 is 1.83 bits per heavy atom. The molecule has 3 rings (SSSR count). The number of ether oxygens (including phenoxy) is 2. The Morgan fingerprint density at radius 3 is 2.50 bits per heavy atom. The second kappa shape index (κ2) is 7.53. The van der Waals surface area contributed by atoms with Crippen LogP contribution in [0.1, 0.15) is 26.0 Å². The van der Waals surface area contributed by atoms with Crippen LogP contribution in [-0.2, 0) is 6.54 Å². The molecule has 1 aromatic carbocycles. The topological polar surface area (TPSA) is 34.6 Å². The fraction of sp³-hybridized carbons (Fsp3) is 0.526. The normalized spacial score (nSPS) is 21.7. The molecule has 0 saturated carbocycles. The SMILES string of the molecule is COc1ccc(-c2nc(CN3CC(C)CC(C)C3)cs2)cc1OC. The van der Waals surface area contributed by atoms with Gasteiger partial charge in [-0.15, -0.1) is 11.3 Å². The molecule has 0 bridgehead atoms. The van der Waals surface area contributed by atoms with Crippen LogP contribution in [0.2, 0.25) is 0 Å². The van der Waals surface area contributed by atoms with E-state index in [0.717, 1.165) is 46.1 Å². The van der Waals surface area contributed by atoms with Gasteiger partial charge in [0.1, 0.15) is 5.01 Å². The number of nitrogens with zero attached hydrogens (tertiary/aromatic N) is 2. The van der Waals surface area contributed by atoms with Gasteiger partial charge in [-0.1, -0.05) is 13.8 Å². The smallest absolute Gasteiger partial charge is 0.161 e. The molecule has 0 aliphatic carbocycles. The molecule has 0 radical (unpaired) electrons. The number of likely N-dealkylation sites (tertiary alicyclic amines) is 1. The number of hydrogen-bond acceptors (Lipinski definition) is 5. The zero-order valence-corrected chi connectivity index (χ0v) is 15.7. The van der Waals surface area contributed by atoms with Crippen molar-refractivity contribution in [3.8, 4) is 22.1 Å². The van der Waals surface area contributed by atoms with Crippen LogP contribution in [0.25, 0.3) is 10.6 Å². The molecular formula is C19H26N2O2S. The van der Waals surface area contributed by atoms with Gasteiger partial charge in [0.25, 0.3) is 0 Å². The highest BCUT2D eigenvalue weighted by atomic mass is 32.1. The number of piperidine rings is 1. The van der Waals surface area contributed by atoms with Gasteiger partial charge in [0.05, 0.1) is 19.9 Å². The lowest BCUT2D eigenvalue weighted by atomic mass is 9.92. The molecule has 2 heterocycles. The van der Waals surface area contributed by atoms with Crippen molar-refractivity contribution in [2.24, 2.45) is 11.8 Å². The maximum absolute atomic E-state index is 5.39. The van der Waals surface area contributed by atoms with E-state index in [-0.39, 0.29) is 0 Å². The molecule has 2 aromatic rings. The van der Waals surface area contributed by atoms with Crippen LogP contribution in [0.5, 0.6) is 11.5 Å². The summed E-state index contributed by atoms with van der Waals surface area (Å²) in [6.07, 6.45) is 1.34. The Labute approximate surface area is 148 Å². The van der Waals surface area contributed by atoms with Crippen LogP contribution in [0.4, 0.5) is 0 Å². The first-order valence-electron chi connectivity index (χ1n) is 8.48. The van der Waals surface area contributed by atoms with Crippen molar-refractivity contribution in [1.82, 2.24) is 9.88 Å². The number of thiazole rings is 1. The number of methoxy groups -OCH3 is 2. The second-order valence-corrected chi connectivity index (χ2v) is 7.71. The summed E-state index contributed by atoms with van der Waals surface area (Å²) in [6.45, 7) is 7.98. The summed E-state index contributed by atoms with van der Waals surface area (Å²) in [6, 6.07) is 5.96. The van der Waals surface area contributed by atoms with Crippen molar-refractivity contribution in [3.05, 3.63) is 29.3 Å². The quantitative estimate of drug-likeness (QED) is 0.808. The largest absolute Gasteiger partial charge is 0.493 e. The highest BCUT2D eigenvalue weighted by Gasteiger charge is 2.22. The van der Waals surface area contributed by atoms with Crippen LogP contribution in [-0.4, -0.2) is 37.2 Å². The monoisotopic (exact) mass is 346 g/mol. The first-order chi connectivity index (χ1) is 11.6. The molecule has 1 saturated heterocycles. The van der Waals surface area contributed by atoms with Gasteiger partial charge in [0.15, 0.2) is 11.5 Å². The molecular weight excluding hydrogens is 320 g/mol. The summed E-state index contributed by atoms with van der Waals surface area (Å²) in [7, 11) is 3.31. The number of benzene rings is 1. The molecule has 2 unspecified atom stereocenters. The minimum Gasteiger partial charge on any atom is -0.493 e. The third-order valence-corrected chi connectivity index (χ3v) is 5.45. The summed E-state index contributed by atoms with van der Waals surface area (Å²) in [4.78, 5) is 7.37. The predicted molar refractivity (Wildman–Crippen MR) is 98.9 cm³/mol. The molecule has 0 amide bonds. The van der Waals surface area contributed by atoms with E-state index in [1.165, 1.54) is 19.5 Å². The van der Waals surface area contributed by atoms with E-state index in [1.807, 2.05) is 18.2 Å². The zero-order valence-electron chi connectivity index (χ0n) is 14.9. The molecule has 5 heteroatoms. The predicted octanol–water partition coefficient (Wildman–Crippen LogP) is 4.31. The summed E-state index contributed by atoms with van der Waals surface area (Å²) in [5, 5.41) is 3.21. The highest BCUT2D eigenvalue weighted by molar-refractivity contribution is 7.13. The highest BCUT2D eigenvalue weighted by Crippen LogP contribution is 2.34. The van der Waals surface area contributed by atoms with Gasteiger partial charge in [0, 0.05) is 30.6 Å². The van der Waals surface area contributed by atoms with E-state index in [9.17, 15) is 0 Å². The van der Waals surface area contributed by atoms with Gasteiger partial charge in [-0.25, -0.2) is 4.98 Å². The van der Waals surface area contributed by atoms with Crippen LogP contribution >= 0.6 is 11.3 Å². The standard InChI is InChI=1S/C19H26N2O2S/c1-13-7-14(2)10-21(9-13)11-16-12-24-19(20-16)15-5-6-17(22-3)18(8-15)23-4/h5-6,8,12-14H,7,9-11H2,1-4H3. The maximum atomic E-state index is 5.39. The Bertz CT molecular complexity index is 676. The molecule has 4 nitrogen and oxygen atoms in total. The third kappa shape index (κ3) is 3.90. The van der Waals surface area contributed by atoms with Gasteiger partial charge in [-0.05, 0) is 36.5 Å². The molecule has 130 valence electrons. The molecule has 1 aromatic heterocycles. The van der Waals surface area contributed by atoms with E-state index in [0.29, 0.717) is 0 Å².